The minimum absolute atomic E-state index is 0.145. The zero-order valence-corrected chi connectivity index (χ0v) is 12.1. The Morgan fingerprint density at radius 2 is 2.35 bits per heavy atom. The van der Waals surface area contributed by atoms with Gasteiger partial charge in [0.1, 0.15) is 0 Å². The van der Waals surface area contributed by atoms with E-state index in [0.717, 1.165) is 27.2 Å². The lowest BCUT2D eigenvalue weighted by Crippen LogP contribution is -2.07. The molecule has 2 heterocycles. The van der Waals surface area contributed by atoms with Gasteiger partial charge in [-0.05, 0) is 33.8 Å². The van der Waals surface area contributed by atoms with Gasteiger partial charge in [-0.1, -0.05) is 13.0 Å². The number of halogens is 1. The average Bonchev–Trinajstić information content (AvgIpc) is 2.92. The second kappa shape index (κ2) is 5.14. The Balaban J connectivity index is 2.25. The van der Waals surface area contributed by atoms with Gasteiger partial charge in [0.15, 0.2) is 5.78 Å². The van der Waals surface area contributed by atoms with Gasteiger partial charge >= 0.3 is 0 Å². The topological polar surface area (TPSA) is 34.9 Å². The fourth-order valence-corrected chi connectivity index (χ4v) is 3.11. The highest BCUT2D eigenvalue weighted by atomic mass is 79.9. The molecule has 0 radical (unpaired) electrons. The third kappa shape index (κ3) is 2.50. The molecule has 5 heteroatoms. The number of thiophene rings is 1. The molecule has 0 saturated carbocycles. The van der Waals surface area contributed by atoms with Crippen LogP contribution in [0.1, 0.15) is 28.0 Å². The van der Waals surface area contributed by atoms with Crippen molar-refractivity contribution >= 4 is 33.0 Å². The van der Waals surface area contributed by atoms with Gasteiger partial charge in [-0.25, -0.2) is 0 Å². The summed E-state index contributed by atoms with van der Waals surface area (Å²) in [5.41, 5.74) is 1.95. The number of ketones is 1. The Hall–Kier alpha value is -0.940. The van der Waals surface area contributed by atoms with E-state index in [9.17, 15) is 4.79 Å². The zero-order chi connectivity index (χ0) is 12.4. The third-order valence-electron chi connectivity index (χ3n) is 2.63. The molecule has 0 spiro atoms. The van der Waals surface area contributed by atoms with E-state index in [0.29, 0.717) is 6.42 Å². The van der Waals surface area contributed by atoms with Crippen molar-refractivity contribution in [3.63, 3.8) is 0 Å². The number of nitrogens with zero attached hydrogens (tertiary/aromatic N) is 2. The van der Waals surface area contributed by atoms with Crippen molar-refractivity contribution in [2.24, 2.45) is 7.05 Å². The fourth-order valence-electron chi connectivity index (χ4n) is 1.69. The molecule has 3 nitrogen and oxygen atoms in total. The summed E-state index contributed by atoms with van der Waals surface area (Å²) < 4.78 is 2.75. The second-order valence-corrected chi connectivity index (χ2v) is 5.50. The normalized spacial score (nSPS) is 10.8. The number of aromatic nitrogens is 2. The van der Waals surface area contributed by atoms with Gasteiger partial charge in [0.05, 0.1) is 27.2 Å². The molecule has 0 N–H and O–H groups in total. The largest absolute Gasteiger partial charge is 0.293 e. The zero-order valence-electron chi connectivity index (χ0n) is 9.74. The first kappa shape index (κ1) is 12.5. The van der Waals surface area contributed by atoms with Gasteiger partial charge in [-0.3, -0.25) is 9.48 Å². The maximum absolute atomic E-state index is 12.0. The molecule has 0 unspecified atom stereocenters. The van der Waals surface area contributed by atoms with E-state index in [2.05, 4.69) is 28.0 Å². The van der Waals surface area contributed by atoms with Crippen molar-refractivity contribution < 1.29 is 4.79 Å². The van der Waals surface area contributed by atoms with Crippen LogP contribution in [0.4, 0.5) is 0 Å². The molecule has 0 aliphatic rings. The van der Waals surface area contributed by atoms with Crippen molar-refractivity contribution in [1.29, 1.82) is 0 Å². The molecule has 0 fully saturated rings. The van der Waals surface area contributed by atoms with Crippen LogP contribution in [0.25, 0.3) is 0 Å². The molecule has 0 bridgehead atoms. The second-order valence-electron chi connectivity index (χ2n) is 3.76. The molecule has 0 aromatic carbocycles. The summed E-state index contributed by atoms with van der Waals surface area (Å²) in [6.45, 7) is 2.05. The number of hydrogen-bond donors (Lipinski definition) is 0. The molecule has 0 saturated heterocycles. The Morgan fingerprint density at radius 1 is 1.59 bits per heavy atom. The monoisotopic (exact) mass is 312 g/mol. The quantitative estimate of drug-likeness (QED) is 0.812. The molecule has 0 aliphatic carbocycles. The first-order valence-corrected chi connectivity index (χ1v) is 7.07. The number of Topliss-reactive ketones (excluding diaryl/α,β-unsaturated/α-hetero) is 1. The van der Waals surface area contributed by atoms with Gasteiger partial charge in [-0.2, -0.15) is 5.10 Å². The summed E-state index contributed by atoms with van der Waals surface area (Å²) in [6.07, 6.45) is 1.26. The molecule has 0 atom stereocenters. The molecule has 2 aromatic rings. The van der Waals surface area contributed by atoms with E-state index in [1.165, 1.54) is 11.3 Å². The highest BCUT2D eigenvalue weighted by Gasteiger charge is 2.17. The Bertz CT molecular complexity index is 531. The standard InChI is InChI=1S/C12H13BrN2OS/c1-3-8-12(13)9(15(2)14-8)7-10(16)11-5-4-6-17-11/h4-6H,3,7H2,1-2H3. The van der Waals surface area contributed by atoms with Crippen LogP contribution in [0.15, 0.2) is 22.0 Å². The SMILES string of the molecule is CCc1nn(C)c(CC(=O)c2cccs2)c1Br. The number of rotatable bonds is 4. The molecule has 17 heavy (non-hydrogen) atoms. The lowest BCUT2D eigenvalue weighted by Gasteiger charge is -2.00. The van der Waals surface area contributed by atoms with Crippen LogP contribution < -0.4 is 0 Å². The van der Waals surface area contributed by atoms with Gasteiger partial charge in [-0.15, -0.1) is 11.3 Å². The number of carbonyl (C=O) groups excluding carboxylic acids is 1. The van der Waals surface area contributed by atoms with Crippen molar-refractivity contribution in [2.45, 2.75) is 19.8 Å². The van der Waals surface area contributed by atoms with Crippen LogP contribution in [0.2, 0.25) is 0 Å². The molecule has 2 rings (SSSR count). The Morgan fingerprint density at radius 3 is 2.88 bits per heavy atom. The minimum Gasteiger partial charge on any atom is -0.293 e. The lowest BCUT2D eigenvalue weighted by atomic mass is 10.2. The first-order chi connectivity index (χ1) is 8.13. The van der Waals surface area contributed by atoms with E-state index >= 15 is 0 Å². The Kier molecular flexibility index (Phi) is 3.79. The van der Waals surface area contributed by atoms with Crippen LogP contribution in [0.5, 0.6) is 0 Å². The third-order valence-corrected chi connectivity index (χ3v) is 4.45. The molecular formula is C12H13BrN2OS. The van der Waals surface area contributed by atoms with Gasteiger partial charge in [0.25, 0.3) is 0 Å². The molecule has 90 valence electrons. The molecule has 0 aliphatic heterocycles. The van der Waals surface area contributed by atoms with Gasteiger partial charge in [0.2, 0.25) is 0 Å². The van der Waals surface area contributed by atoms with Crippen molar-refractivity contribution in [3.8, 4) is 0 Å². The van der Waals surface area contributed by atoms with E-state index in [4.69, 9.17) is 0 Å². The summed E-state index contributed by atoms with van der Waals surface area (Å²) >= 11 is 5.00. The highest BCUT2D eigenvalue weighted by Crippen LogP contribution is 2.23. The van der Waals surface area contributed by atoms with E-state index in [1.54, 1.807) is 4.68 Å². The Labute approximate surface area is 113 Å². The van der Waals surface area contributed by atoms with Crippen molar-refractivity contribution in [3.05, 3.63) is 38.3 Å². The smallest absolute Gasteiger partial charge is 0.178 e. The van der Waals surface area contributed by atoms with Crippen molar-refractivity contribution in [2.75, 3.05) is 0 Å². The van der Waals surface area contributed by atoms with Crippen LogP contribution in [0, 0.1) is 0 Å². The van der Waals surface area contributed by atoms with Crippen LogP contribution in [0.3, 0.4) is 0 Å². The van der Waals surface area contributed by atoms with E-state index < -0.39 is 0 Å². The van der Waals surface area contributed by atoms with Gasteiger partial charge in [0, 0.05) is 7.05 Å². The van der Waals surface area contributed by atoms with Crippen molar-refractivity contribution in [1.82, 2.24) is 9.78 Å². The summed E-state index contributed by atoms with van der Waals surface area (Å²) in [4.78, 5) is 12.8. The average molecular weight is 313 g/mol. The number of hydrogen-bond acceptors (Lipinski definition) is 3. The lowest BCUT2D eigenvalue weighted by molar-refractivity contribution is 0.0994. The predicted molar refractivity (Wildman–Crippen MR) is 72.6 cm³/mol. The van der Waals surface area contributed by atoms with Crippen LogP contribution >= 0.6 is 27.3 Å². The predicted octanol–water partition coefficient (Wildman–Crippen LogP) is 3.23. The summed E-state index contributed by atoms with van der Waals surface area (Å²) in [7, 11) is 1.88. The van der Waals surface area contributed by atoms with E-state index in [-0.39, 0.29) is 5.78 Å². The summed E-state index contributed by atoms with van der Waals surface area (Å²) in [5.74, 6) is 0.145. The number of aryl methyl sites for hydroxylation is 2. The van der Waals surface area contributed by atoms with E-state index in [1.807, 2.05) is 24.6 Å². The van der Waals surface area contributed by atoms with Crippen LogP contribution in [-0.4, -0.2) is 15.6 Å². The highest BCUT2D eigenvalue weighted by molar-refractivity contribution is 9.10. The molecular weight excluding hydrogens is 300 g/mol. The minimum atomic E-state index is 0.145. The summed E-state index contributed by atoms with van der Waals surface area (Å²) in [6, 6.07) is 3.76. The molecule has 2 aromatic heterocycles. The summed E-state index contributed by atoms with van der Waals surface area (Å²) in [5, 5.41) is 6.30. The first-order valence-electron chi connectivity index (χ1n) is 5.40. The number of carbonyl (C=O) groups is 1. The van der Waals surface area contributed by atoms with Gasteiger partial charge < -0.3 is 0 Å². The van der Waals surface area contributed by atoms with Crippen LogP contribution in [-0.2, 0) is 19.9 Å². The maximum Gasteiger partial charge on any atom is 0.178 e. The molecule has 0 amide bonds. The fraction of sp³-hybridized carbons (Fsp3) is 0.333. The maximum atomic E-state index is 12.0.